The van der Waals surface area contributed by atoms with Crippen LogP contribution in [0, 0.1) is 5.92 Å². The van der Waals surface area contributed by atoms with Gasteiger partial charge in [-0.05, 0) is 68.0 Å². The quantitative estimate of drug-likeness (QED) is 0.661. The Balaban J connectivity index is 1.55. The molecule has 2 aromatic rings. The number of para-hydroxylation sites is 1. The fraction of sp³-hybridized carbons (Fsp3) is 0.391. The number of anilines is 1. The van der Waals surface area contributed by atoms with Crippen molar-refractivity contribution in [3.8, 4) is 0 Å². The number of amides is 1. The number of ether oxygens (including phenoxy) is 1. The zero-order valence-corrected chi connectivity index (χ0v) is 18.6. The molecule has 0 saturated heterocycles. The standard InChI is InChI=1S/C23H28N2O5S/c1-17-8-12-19(13-9-17)24-22(26)16-30-23(27)18-10-14-21(15-11-18)31(28,29)25(2)20-6-4-3-5-7-20/h3-7,10-11,14-15,17,19H,8-9,12-13,16H2,1-2H3,(H,24,26). The van der Waals surface area contributed by atoms with E-state index in [1.165, 1.54) is 35.6 Å². The first-order chi connectivity index (χ1) is 14.8. The molecule has 31 heavy (non-hydrogen) atoms. The van der Waals surface area contributed by atoms with Crippen molar-refractivity contribution in [2.24, 2.45) is 5.92 Å². The van der Waals surface area contributed by atoms with E-state index in [4.69, 9.17) is 4.74 Å². The van der Waals surface area contributed by atoms with Crippen molar-refractivity contribution in [3.05, 3.63) is 60.2 Å². The van der Waals surface area contributed by atoms with E-state index in [-0.39, 0.29) is 29.0 Å². The van der Waals surface area contributed by atoms with E-state index in [1.807, 2.05) is 0 Å². The van der Waals surface area contributed by atoms with Gasteiger partial charge in [0.1, 0.15) is 0 Å². The lowest BCUT2D eigenvalue weighted by atomic mass is 9.87. The van der Waals surface area contributed by atoms with Crippen molar-refractivity contribution >= 4 is 27.6 Å². The molecule has 1 amide bonds. The van der Waals surface area contributed by atoms with Crippen LogP contribution in [-0.4, -0.2) is 40.0 Å². The van der Waals surface area contributed by atoms with Crippen LogP contribution in [0.1, 0.15) is 43.0 Å². The molecular weight excluding hydrogens is 416 g/mol. The fourth-order valence-corrected chi connectivity index (χ4v) is 4.78. The molecule has 1 aliphatic rings. The fourth-order valence-electron chi connectivity index (χ4n) is 3.59. The predicted molar refractivity (Wildman–Crippen MR) is 118 cm³/mol. The number of carbonyl (C=O) groups is 2. The number of hydrogen-bond acceptors (Lipinski definition) is 5. The third-order valence-electron chi connectivity index (χ3n) is 5.58. The van der Waals surface area contributed by atoms with Crippen molar-refractivity contribution < 1.29 is 22.7 Å². The van der Waals surface area contributed by atoms with Gasteiger partial charge in [0, 0.05) is 13.1 Å². The monoisotopic (exact) mass is 444 g/mol. The lowest BCUT2D eigenvalue weighted by molar-refractivity contribution is -0.125. The summed E-state index contributed by atoms with van der Waals surface area (Å²) >= 11 is 0. The molecule has 0 radical (unpaired) electrons. The highest BCUT2D eigenvalue weighted by Crippen LogP contribution is 2.24. The first-order valence-electron chi connectivity index (χ1n) is 10.4. The van der Waals surface area contributed by atoms with E-state index in [1.54, 1.807) is 30.3 Å². The van der Waals surface area contributed by atoms with Crippen molar-refractivity contribution in [2.45, 2.75) is 43.5 Å². The highest BCUT2D eigenvalue weighted by molar-refractivity contribution is 7.92. The summed E-state index contributed by atoms with van der Waals surface area (Å²) < 4.78 is 31.9. The molecule has 0 atom stereocenters. The Morgan fingerprint density at radius 2 is 1.61 bits per heavy atom. The van der Waals surface area contributed by atoms with Crippen LogP contribution in [0.4, 0.5) is 5.69 Å². The summed E-state index contributed by atoms with van der Waals surface area (Å²) in [5.41, 5.74) is 0.713. The molecule has 1 fully saturated rings. The van der Waals surface area contributed by atoms with Gasteiger partial charge in [-0.15, -0.1) is 0 Å². The number of sulfonamides is 1. The average Bonchev–Trinajstić information content (AvgIpc) is 2.79. The van der Waals surface area contributed by atoms with Crippen molar-refractivity contribution in [1.29, 1.82) is 0 Å². The highest BCUT2D eigenvalue weighted by Gasteiger charge is 2.23. The van der Waals surface area contributed by atoms with Gasteiger partial charge in [-0.25, -0.2) is 13.2 Å². The van der Waals surface area contributed by atoms with E-state index in [0.717, 1.165) is 25.7 Å². The van der Waals surface area contributed by atoms with Crippen LogP contribution in [0.5, 0.6) is 0 Å². The van der Waals surface area contributed by atoms with Gasteiger partial charge in [-0.1, -0.05) is 25.1 Å². The minimum absolute atomic E-state index is 0.0553. The molecule has 1 saturated carbocycles. The molecule has 166 valence electrons. The largest absolute Gasteiger partial charge is 0.452 e. The normalized spacial score (nSPS) is 18.8. The number of hydrogen-bond donors (Lipinski definition) is 1. The SMILES string of the molecule is CC1CCC(NC(=O)COC(=O)c2ccc(S(=O)(=O)N(C)c3ccccc3)cc2)CC1. The summed E-state index contributed by atoms with van der Waals surface area (Å²) in [5.74, 6) is -0.311. The molecule has 2 aromatic carbocycles. The Morgan fingerprint density at radius 1 is 1.00 bits per heavy atom. The molecule has 0 aliphatic heterocycles. The van der Waals surface area contributed by atoms with E-state index in [0.29, 0.717) is 11.6 Å². The molecule has 0 bridgehead atoms. The molecule has 1 aliphatic carbocycles. The lowest BCUT2D eigenvalue weighted by Gasteiger charge is -2.26. The van der Waals surface area contributed by atoms with Crippen molar-refractivity contribution in [1.82, 2.24) is 5.32 Å². The summed E-state index contributed by atoms with van der Waals surface area (Å²) in [6.07, 6.45) is 4.04. The molecule has 7 nitrogen and oxygen atoms in total. The first-order valence-corrected chi connectivity index (χ1v) is 11.8. The van der Waals surface area contributed by atoms with Gasteiger partial charge in [0.15, 0.2) is 6.61 Å². The van der Waals surface area contributed by atoms with Gasteiger partial charge in [-0.2, -0.15) is 0 Å². The summed E-state index contributed by atoms with van der Waals surface area (Å²) in [7, 11) is -2.29. The van der Waals surface area contributed by atoms with Crippen LogP contribution in [0.3, 0.4) is 0 Å². The van der Waals surface area contributed by atoms with E-state index < -0.39 is 16.0 Å². The number of nitrogens with zero attached hydrogens (tertiary/aromatic N) is 1. The highest BCUT2D eigenvalue weighted by atomic mass is 32.2. The molecule has 3 rings (SSSR count). The van der Waals surface area contributed by atoms with Gasteiger partial charge >= 0.3 is 5.97 Å². The van der Waals surface area contributed by atoms with E-state index in [2.05, 4.69) is 12.2 Å². The molecule has 0 unspecified atom stereocenters. The van der Waals surface area contributed by atoms with E-state index >= 15 is 0 Å². The Hall–Kier alpha value is -2.87. The topological polar surface area (TPSA) is 92.8 Å². The average molecular weight is 445 g/mol. The van der Waals surface area contributed by atoms with Crippen LogP contribution < -0.4 is 9.62 Å². The Labute approximate surface area is 183 Å². The molecular formula is C23H28N2O5S. The smallest absolute Gasteiger partial charge is 0.338 e. The number of rotatable bonds is 7. The number of carbonyl (C=O) groups excluding carboxylic acids is 2. The predicted octanol–water partition coefficient (Wildman–Crippen LogP) is 3.36. The van der Waals surface area contributed by atoms with Gasteiger partial charge in [0.2, 0.25) is 0 Å². The number of nitrogens with one attached hydrogen (secondary N) is 1. The second-order valence-corrected chi connectivity index (χ2v) is 9.90. The maximum atomic E-state index is 12.8. The number of benzene rings is 2. The van der Waals surface area contributed by atoms with Gasteiger partial charge in [0.25, 0.3) is 15.9 Å². The zero-order valence-electron chi connectivity index (χ0n) is 17.8. The molecule has 8 heteroatoms. The first kappa shape index (κ1) is 22.8. The second kappa shape index (κ2) is 9.96. The van der Waals surface area contributed by atoms with Gasteiger partial charge in [0.05, 0.1) is 16.1 Å². The summed E-state index contributed by atoms with van der Waals surface area (Å²) in [4.78, 5) is 24.3. The van der Waals surface area contributed by atoms with Crippen LogP contribution in [0.25, 0.3) is 0 Å². The molecule has 0 spiro atoms. The van der Waals surface area contributed by atoms with E-state index in [9.17, 15) is 18.0 Å². The maximum absolute atomic E-state index is 12.8. The van der Waals surface area contributed by atoms with Gasteiger partial charge < -0.3 is 10.1 Å². The minimum Gasteiger partial charge on any atom is -0.452 e. The summed E-state index contributed by atoms with van der Waals surface area (Å²) in [5, 5.41) is 2.90. The summed E-state index contributed by atoms with van der Waals surface area (Å²) in [6.45, 7) is 1.84. The second-order valence-electron chi connectivity index (χ2n) is 7.93. The Bertz CT molecular complexity index is 998. The van der Waals surface area contributed by atoms with Crippen LogP contribution in [0.15, 0.2) is 59.5 Å². The van der Waals surface area contributed by atoms with Crippen LogP contribution in [0.2, 0.25) is 0 Å². The molecule has 0 aromatic heterocycles. The third kappa shape index (κ3) is 5.85. The lowest BCUT2D eigenvalue weighted by Crippen LogP contribution is -2.39. The van der Waals surface area contributed by atoms with Crippen LogP contribution >= 0.6 is 0 Å². The zero-order chi connectivity index (χ0) is 22.4. The Kier molecular flexibility index (Phi) is 7.33. The van der Waals surface area contributed by atoms with Crippen molar-refractivity contribution in [2.75, 3.05) is 18.0 Å². The summed E-state index contributed by atoms with van der Waals surface area (Å²) in [6, 6.07) is 14.3. The Morgan fingerprint density at radius 3 is 2.23 bits per heavy atom. The minimum atomic E-state index is -3.76. The third-order valence-corrected chi connectivity index (χ3v) is 7.38. The number of esters is 1. The molecule has 1 N–H and O–H groups in total. The van der Waals surface area contributed by atoms with Crippen LogP contribution in [-0.2, 0) is 19.6 Å². The van der Waals surface area contributed by atoms with Crippen molar-refractivity contribution in [3.63, 3.8) is 0 Å². The van der Waals surface area contributed by atoms with Gasteiger partial charge in [-0.3, -0.25) is 9.10 Å². The maximum Gasteiger partial charge on any atom is 0.338 e. The molecule has 0 heterocycles.